The van der Waals surface area contributed by atoms with Gasteiger partial charge in [0.25, 0.3) is 11.8 Å². The van der Waals surface area contributed by atoms with E-state index in [1.807, 2.05) is 6.92 Å². The molecule has 0 aliphatic carbocycles. The second kappa shape index (κ2) is 9.91. The van der Waals surface area contributed by atoms with Gasteiger partial charge in [-0.05, 0) is 55.5 Å². The summed E-state index contributed by atoms with van der Waals surface area (Å²) in [7, 11) is 0. The number of carbonyl (C=O) groups is 3. The molecule has 0 saturated heterocycles. The highest BCUT2D eigenvalue weighted by molar-refractivity contribution is 5.96. The highest BCUT2D eigenvalue weighted by atomic mass is 19.1. The highest BCUT2D eigenvalue weighted by Crippen LogP contribution is 2.15. The van der Waals surface area contributed by atoms with E-state index < -0.39 is 36.8 Å². The molecule has 0 aliphatic rings. The Morgan fingerprint density at radius 2 is 1.67 bits per heavy atom. The molecule has 0 fully saturated rings. The van der Waals surface area contributed by atoms with E-state index in [2.05, 4.69) is 10.6 Å². The molecule has 7 nitrogen and oxygen atoms in total. The Hall–Kier alpha value is -3.42. The molecule has 2 aromatic carbocycles. The van der Waals surface area contributed by atoms with Gasteiger partial charge in [0, 0.05) is 11.3 Å². The molecule has 0 atom stereocenters. The number of ether oxygens (including phenoxy) is 2. The lowest BCUT2D eigenvalue weighted by atomic mass is 10.2. The van der Waals surface area contributed by atoms with Gasteiger partial charge in [-0.2, -0.15) is 0 Å². The van der Waals surface area contributed by atoms with Crippen LogP contribution in [-0.4, -0.2) is 37.5 Å². The zero-order chi connectivity index (χ0) is 19.6. The SMILES string of the molecule is CCOc1ccc(NC(=O)COC(=O)CNC(=O)c2ccc(F)cc2)cc1. The first-order valence-corrected chi connectivity index (χ1v) is 8.20. The molecule has 0 saturated carbocycles. The Balaban J connectivity index is 1.70. The molecule has 0 radical (unpaired) electrons. The number of esters is 1. The quantitative estimate of drug-likeness (QED) is 0.691. The van der Waals surface area contributed by atoms with E-state index >= 15 is 0 Å². The molecule has 142 valence electrons. The van der Waals surface area contributed by atoms with Gasteiger partial charge in [-0.25, -0.2) is 4.39 Å². The Morgan fingerprint density at radius 3 is 2.30 bits per heavy atom. The number of halogens is 1. The van der Waals surface area contributed by atoms with Crippen molar-refractivity contribution in [2.45, 2.75) is 6.92 Å². The predicted octanol–water partition coefficient (Wildman–Crippen LogP) is 2.14. The minimum atomic E-state index is -0.771. The van der Waals surface area contributed by atoms with Crippen molar-refractivity contribution >= 4 is 23.5 Å². The fourth-order valence-corrected chi connectivity index (χ4v) is 2.05. The average Bonchev–Trinajstić information content (AvgIpc) is 2.67. The van der Waals surface area contributed by atoms with Crippen molar-refractivity contribution in [3.05, 3.63) is 59.9 Å². The molecule has 0 unspecified atom stereocenters. The van der Waals surface area contributed by atoms with Gasteiger partial charge in [0.15, 0.2) is 6.61 Å². The summed E-state index contributed by atoms with van der Waals surface area (Å²) in [5.74, 6) is -1.63. The normalized spacial score (nSPS) is 10.0. The number of carbonyl (C=O) groups excluding carboxylic acids is 3. The van der Waals surface area contributed by atoms with Crippen LogP contribution in [0.15, 0.2) is 48.5 Å². The third-order valence-corrected chi connectivity index (χ3v) is 3.31. The molecular formula is C19H19FN2O5. The monoisotopic (exact) mass is 374 g/mol. The number of benzene rings is 2. The molecule has 0 spiro atoms. The molecule has 27 heavy (non-hydrogen) atoms. The third kappa shape index (κ3) is 6.77. The van der Waals surface area contributed by atoms with E-state index in [-0.39, 0.29) is 5.56 Å². The molecule has 2 aromatic rings. The van der Waals surface area contributed by atoms with Gasteiger partial charge in [0.1, 0.15) is 18.1 Å². The summed E-state index contributed by atoms with van der Waals surface area (Å²) in [6.07, 6.45) is 0. The van der Waals surface area contributed by atoms with Gasteiger partial charge in [-0.15, -0.1) is 0 Å². The van der Waals surface area contributed by atoms with Crippen LogP contribution in [0, 0.1) is 5.82 Å². The maximum absolute atomic E-state index is 12.8. The summed E-state index contributed by atoms with van der Waals surface area (Å²) in [5.41, 5.74) is 0.738. The molecule has 0 heterocycles. The molecule has 2 N–H and O–H groups in total. The zero-order valence-corrected chi connectivity index (χ0v) is 14.7. The van der Waals surface area contributed by atoms with Gasteiger partial charge < -0.3 is 20.1 Å². The Morgan fingerprint density at radius 1 is 1.00 bits per heavy atom. The molecule has 8 heteroatoms. The number of nitrogens with one attached hydrogen (secondary N) is 2. The van der Waals surface area contributed by atoms with Gasteiger partial charge in [-0.1, -0.05) is 0 Å². The minimum Gasteiger partial charge on any atom is -0.494 e. The van der Waals surface area contributed by atoms with Crippen molar-refractivity contribution in [1.29, 1.82) is 0 Å². The lowest BCUT2D eigenvalue weighted by molar-refractivity contribution is -0.146. The van der Waals surface area contributed by atoms with E-state index in [1.165, 1.54) is 12.1 Å². The smallest absolute Gasteiger partial charge is 0.325 e. The van der Waals surface area contributed by atoms with Crippen LogP contribution in [0.3, 0.4) is 0 Å². The summed E-state index contributed by atoms with van der Waals surface area (Å²) in [5, 5.41) is 4.90. The van der Waals surface area contributed by atoms with Gasteiger partial charge in [0.05, 0.1) is 6.61 Å². The van der Waals surface area contributed by atoms with Crippen molar-refractivity contribution < 1.29 is 28.2 Å². The van der Waals surface area contributed by atoms with Crippen LogP contribution >= 0.6 is 0 Å². The van der Waals surface area contributed by atoms with Crippen LogP contribution in [0.4, 0.5) is 10.1 Å². The first kappa shape index (κ1) is 19.9. The van der Waals surface area contributed by atoms with Crippen molar-refractivity contribution in [3.63, 3.8) is 0 Å². The molecule has 2 rings (SSSR count). The maximum Gasteiger partial charge on any atom is 0.325 e. The number of hydrogen-bond donors (Lipinski definition) is 2. The first-order valence-electron chi connectivity index (χ1n) is 8.20. The van der Waals surface area contributed by atoms with Crippen LogP contribution < -0.4 is 15.4 Å². The van der Waals surface area contributed by atoms with E-state index in [0.29, 0.717) is 18.0 Å². The second-order valence-electron chi connectivity index (χ2n) is 5.36. The Labute approximate surface area is 155 Å². The molecule has 2 amide bonds. The van der Waals surface area contributed by atoms with E-state index in [0.717, 1.165) is 12.1 Å². The topological polar surface area (TPSA) is 93.7 Å². The molecular weight excluding hydrogens is 355 g/mol. The summed E-state index contributed by atoms with van der Waals surface area (Å²) in [6.45, 7) is 1.51. The lowest BCUT2D eigenvalue weighted by Crippen LogP contribution is -2.32. The Kier molecular flexibility index (Phi) is 7.30. The third-order valence-electron chi connectivity index (χ3n) is 3.31. The lowest BCUT2D eigenvalue weighted by Gasteiger charge is -2.08. The van der Waals surface area contributed by atoms with Crippen LogP contribution in [-0.2, 0) is 14.3 Å². The summed E-state index contributed by atoms with van der Waals surface area (Å²) in [4.78, 5) is 35.2. The standard InChI is InChI=1S/C19H19FN2O5/c1-2-26-16-9-7-15(8-10-16)22-17(23)12-27-18(24)11-21-19(25)13-3-5-14(20)6-4-13/h3-10H,2,11-12H2,1H3,(H,21,25)(H,22,23). The van der Waals surface area contributed by atoms with Crippen LogP contribution in [0.2, 0.25) is 0 Å². The van der Waals surface area contributed by atoms with Crippen LogP contribution in [0.1, 0.15) is 17.3 Å². The van der Waals surface area contributed by atoms with Gasteiger partial charge in [-0.3, -0.25) is 14.4 Å². The van der Waals surface area contributed by atoms with Crippen LogP contribution in [0.5, 0.6) is 5.75 Å². The van der Waals surface area contributed by atoms with E-state index in [4.69, 9.17) is 9.47 Å². The Bertz CT molecular complexity index is 791. The van der Waals surface area contributed by atoms with Crippen molar-refractivity contribution in [1.82, 2.24) is 5.32 Å². The predicted molar refractivity (Wildman–Crippen MR) is 95.9 cm³/mol. The first-order chi connectivity index (χ1) is 13.0. The van der Waals surface area contributed by atoms with E-state index in [9.17, 15) is 18.8 Å². The highest BCUT2D eigenvalue weighted by Gasteiger charge is 2.11. The summed E-state index contributed by atoms with van der Waals surface area (Å²) in [6, 6.07) is 11.6. The number of amides is 2. The minimum absolute atomic E-state index is 0.206. The fourth-order valence-electron chi connectivity index (χ4n) is 2.05. The number of hydrogen-bond acceptors (Lipinski definition) is 5. The van der Waals surface area contributed by atoms with Gasteiger partial charge >= 0.3 is 5.97 Å². The summed E-state index contributed by atoms with van der Waals surface area (Å²) >= 11 is 0. The van der Waals surface area contributed by atoms with Gasteiger partial charge in [0.2, 0.25) is 0 Å². The number of rotatable bonds is 8. The molecule has 0 aliphatic heterocycles. The second-order valence-corrected chi connectivity index (χ2v) is 5.36. The van der Waals surface area contributed by atoms with Crippen LogP contribution in [0.25, 0.3) is 0 Å². The van der Waals surface area contributed by atoms with Crippen molar-refractivity contribution in [2.75, 3.05) is 25.1 Å². The largest absolute Gasteiger partial charge is 0.494 e. The van der Waals surface area contributed by atoms with E-state index in [1.54, 1.807) is 24.3 Å². The zero-order valence-electron chi connectivity index (χ0n) is 14.7. The maximum atomic E-state index is 12.8. The molecule has 0 aromatic heterocycles. The van der Waals surface area contributed by atoms with Crippen molar-refractivity contribution in [2.24, 2.45) is 0 Å². The van der Waals surface area contributed by atoms with Crippen molar-refractivity contribution in [3.8, 4) is 5.75 Å². The summed E-state index contributed by atoms with van der Waals surface area (Å²) < 4.78 is 22.9. The molecule has 0 bridgehead atoms. The fraction of sp³-hybridized carbons (Fsp3) is 0.211. The average molecular weight is 374 g/mol. The number of anilines is 1.